The second-order valence-corrected chi connectivity index (χ2v) is 4.55. The number of pyridine rings is 1. The number of amides is 1. The molecule has 0 aliphatic carbocycles. The predicted octanol–water partition coefficient (Wildman–Crippen LogP) is 2.26. The third kappa shape index (κ3) is 4.50. The number of nitro groups is 1. The number of nitrogens with one attached hydrogen (secondary N) is 1. The molecule has 9 nitrogen and oxygen atoms in total. The quantitative estimate of drug-likeness (QED) is 0.493. The molecule has 1 aromatic heterocycles. The molecule has 0 spiro atoms. The summed E-state index contributed by atoms with van der Waals surface area (Å²) in [7, 11) is 1.47. The Morgan fingerprint density at radius 3 is 2.71 bits per heavy atom. The zero-order chi connectivity index (χ0) is 17.5. The van der Waals surface area contributed by atoms with E-state index in [2.05, 4.69) is 15.5 Å². The van der Waals surface area contributed by atoms with Gasteiger partial charge in [0.05, 0.1) is 18.2 Å². The average Bonchev–Trinajstić information content (AvgIpc) is 2.56. The van der Waals surface area contributed by atoms with Crippen LogP contribution in [-0.4, -0.2) is 29.1 Å². The van der Waals surface area contributed by atoms with Crippen molar-refractivity contribution in [2.45, 2.75) is 6.92 Å². The zero-order valence-electron chi connectivity index (χ0n) is 12.9. The number of rotatable bonds is 6. The number of methoxy groups -OCH3 is 1. The van der Waals surface area contributed by atoms with Gasteiger partial charge < -0.3 is 9.47 Å². The van der Waals surface area contributed by atoms with E-state index in [-0.39, 0.29) is 17.5 Å². The van der Waals surface area contributed by atoms with E-state index in [0.717, 1.165) is 6.20 Å². The topological polar surface area (TPSA) is 116 Å². The van der Waals surface area contributed by atoms with Gasteiger partial charge in [0.25, 0.3) is 5.69 Å². The van der Waals surface area contributed by atoms with Gasteiger partial charge in [-0.1, -0.05) is 0 Å². The Kier molecular flexibility index (Phi) is 5.40. The number of aromatic nitrogens is 1. The monoisotopic (exact) mass is 330 g/mol. The lowest BCUT2D eigenvalue weighted by molar-refractivity contribution is -0.385. The van der Waals surface area contributed by atoms with Gasteiger partial charge in [-0.05, 0) is 23.8 Å². The van der Waals surface area contributed by atoms with E-state index in [1.807, 2.05) is 0 Å². The summed E-state index contributed by atoms with van der Waals surface area (Å²) in [5.41, 5.74) is 2.85. The van der Waals surface area contributed by atoms with Crippen LogP contribution in [0.1, 0.15) is 12.5 Å². The van der Waals surface area contributed by atoms with E-state index < -0.39 is 4.92 Å². The molecule has 2 rings (SSSR count). The van der Waals surface area contributed by atoms with Crippen LogP contribution < -0.4 is 14.9 Å². The Morgan fingerprint density at radius 1 is 1.33 bits per heavy atom. The molecular weight excluding hydrogens is 316 g/mol. The maximum Gasteiger partial charge on any atom is 0.287 e. The van der Waals surface area contributed by atoms with E-state index in [9.17, 15) is 14.9 Å². The summed E-state index contributed by atoms with van der Waals surface area (Å²) >= 11 is 0. The summed E-state index contributed by atoms with van der Waals surface area (Å²) in [5, 5.41) is 14.4. The predicted molar refractivity (Wildman–Crippen MR) is 85.4 cm³/mol. The number of nitrogens with zero attached hydrogens (tertiary/aromatic N) is 3. The van der Waals surface area contributed by atoms with Gasteiger partial charge in [-0.3, -0.25) is 14.9 Å². The van der Waals surface area contributed by atoms with Crippen LogP contribution in [0.25, 0.3) is 0 Å². The zero-order valence-corrected chi connectivity index (χ0v) is 12.9. The van der Waals surface area contributed by atoms with Crippen LogP contribution in [0.5, 0.6) is 17.4 Å². The van der Waals surface area contributed by atoms with Crippen molar-refractivity contribution in [1.29, 1.82) is 0 Å². The number of carbonyl (C=O) groups is 1. The van der Waals surface area contributed by atoms with E-state index in [1.54, 1.807) is 18.2 Å². The first-order valence-corrected chi connectivity index (χ1v) is 6.75. The average molecular weight is 330 g/mol. The fourth-order valence-electron chi connectivity index (χ4n) is 1.70. The Balaban J connectivity index is 2.16. The van der Waals surface area contributed by atoms with Gasteiger partial charge in [-0.15, -0.1) is 0 Å². The van der Waals surface area contributed by atoms with Crippen molar-refractivity contribution in [3.05, 3.63) is 52.2 Å². The minimum absolute atomic E-state index is 0.126. The summed E-state index contributed by atoms with van der Waals surface area (Å²) in [6.07, 6.45) is 2.56. The van der Waals surface area contributed by atoms with Gasteiger partial charge in [-0.2, -0.15) is 5.10 Å². The molecule has 0 unspecified atom stereocenters. The molecule has 0 fully saturated rings. The van der Waals surface area contributed by atoms with Crippen LogP contribution in [0.4, 0.5) is 5.69 Å². The lowest BCUT2D eigenvalue weighted by Gasteiger charge is -2.10. The van der Waals surface area contributed by atoms with Crippen molar-refractivity contribution in [2.24, 2.45) is 5.10 Å². The van der Waals surface area contributed by atoms with Gasteiger partial charge in [0.1, 0.15) is 6.20 Å². The number of ether oxygens (including phenoxy) is 2. The smallest absolute Gasteiger partial charge is 0.287 e. The first-order chi connectivity index (χ1) is 11.5. The molecule has 0 aliphatic rings. The first-order valence-electron chi connectivity index (χ1n) is 6.75. The largest absolute Gasteiger partial charge is 0.493 e. The van der Waals surface area contributed by atoms with Crippen LogP contribution >= 0.6 is 0 Å². The van der Waals surface area contributed by atoms with Crippen molar-refractivity contribution in [3.63, 3.8) is 0 Å². The number of carbonyl (C=O) groups excluding carboxylic acids is 1. The molecule has 0 radical (unpaired) electrons. The molecule has 0 saturated carbocycles. The van der Waals surface area contributed by atoms with Gasteiger partial charge in [0.15, 0.2) is 11.5 Å². The van der Waals surface area contributed by atoms with Gasteiger partial charge >= 0.3 is 0 Å². The van der Waals surface area contributed by atoms with Crippen LogP contribution in [0.2, 0.25) is 0 Å². The lowest BCUT2D eigenvalue weighted by atomic mass is 10.2. The molecule has 0 bridgehead atoms. The molecular formula is C15H14N4O5. The van der Waals surface area contributed by atoms with E-state index in [4.69, 9.17) is 9.47 Å². The van der Waals surface area contributed by atoms with E-state index >= 15 is 0 Å². The molecule has 24 heavy (non-hydrogen) atoms. The summed E-state index contributed by atoms with van der Waals surface area (Å²) in [6.45, 7) is 1.35. The molecule has 0 saturated heterocycles. The van der Waals surface area contributed by atoms with Crippen LogP contribution in [0.15, 0.2) is 41.6 Å². The SMILES string of the molecule is COc1cc(C=NNC(C)=O)ccc1Oc1ccc([N+](=O)[O-])cn1. The molecule has 1 aromatic carbocycles. The van der Waals surface area contributed by atoms with Crippen molar-refractivity contribution in [2.75, 3.05) is 7.11 Å². The van der Waals surface area contributed by atoms with E-state index in [1.165, 1.54) is 32.4 Å². The number of hydrogen-bond acceptors (Lipinski definition) is 7. The minimum atomic E-state index is -0.541. The normalized spacial score (nSPS) is 10.4. The van der Waals surface area contributed by atoms with Crippen LogP contribution in [-0.2, 0) is 4.79 Å². The molecule has 124 valence electrons. The van der Waals surface area contributed by atoms with Crippen molar-refractivity contribution in [1.82, 2.24) is 10.4 Å². The Labute approximate surface area is 137 Å². The summed E-state index contributed by atoms with van der Waals surface area (Å²) < 4.78 is 10.8. The Morgan fingerprint density at radius 2 is 2.12 bits per heavy atom. The maximum absolute atomic E-state index is 10.8. The molecule has 0 atom stereocenters. The Hall–Kier alpha value is -3.49. The highest BCUT2D eigenvalue weighted by atomic mass is 16.6. The number of hydrazone groups is 1. The molecule has 1 N–H and O–H groups in total. The van der Waals surface area contributed by atoms with Crippen LogP contribution in [0.3, 0.4) is 0 Å². The summed E-state index contributed by atoms with van der Waals surface area (Å²) in [6, 6.07) is 7.69. The minimum Gasteiger partial charge on any atom is -0.493 e. The molecule has 9 heteroatoms. The highest BCUT2D eigenvalue weighted by Crippen LogP contribution is 2.31. The maximum atomic E-state index is 10.8. The van der Waals surface area contributed by atoms with E-state index in [0.29, 0.717) is 17.1 Å². The van der Waals surface area contributed by atoms with Gasteiger partial charge in [-0.25, -0.2) is 10.4 Å². The summed E-state index contributed by atoms with van der Waals surface area (Å²) in [4.78, 5) is 24.7. The van der Waals surface area contributed by atoms with Gasteiger partial charge in [0, 0.05) is 19.1 Å². The Bertz CT molecular complexity index is 774. The van der Waals surface area contributed by atoms with Gasteiger partial charge in [0.2, 0.25) is 11.8 Å². The molecule has 2 aromatic rings. The molecule has 0 aliphatic heterocycles. The van der Waals surface area contributed by atoms with Crippen molar-refractivity contribution < 1.29 is 19.2 Å². The van der Waals surface area contributed by atoms with Crippen LogP contribution in [0, 0.1) is 10.1 Å². The summed E-state index contributed by atoms with van der Waals surface area (Å²) in [5.74, 6) is 0.721. The second kappa shape index (κ2) is 7.68. The fourth-order valence-corrected chi connectivity index (χ4v) is 1.70. The number of hydrogen-bond donors (Lipinski definition) is 1. The lowest BCUT2D eigenvalue weighted by Crippen LogP contribution is -2.12. The second-order valence-electron chi connectivity index (χ2n) is 4.55. The third-order valence-electron chi connectivity index (χ3n) is 2.77. The standard InChI is InChI=1S/C15H14N4O5/c1-10(20)18-17-8-11-3-5-13(14(7-11)23-2)24-15-6-4-12(9-16-15)19(21)22/h3-9H,1-2H3,(H,18,20). The molecule has 1 heterocycles. The highest BCUT2D eigenvalue weighted by molar-refractivity contribution is 5.82. The first kappa shape index (κ1) is 16.9. The fraction of sp³-hybridized carbons (Fsp3) is 0.133. The van der Waals surface area contributed by atoms with Crippen molar-refractivity contribution in [3.8, 4) is 17.4 Å². The highest BCUT2D eigenvalue weighted by Gasteiger charge is 2.10. The third-order valence-corrected chi connectivity index (χ3v) is 2.77. The molecule has 1 amide bonds. The van der Waals surface area contributed by atoms with Crippen molar-refractivity contribution >= 4 is 17.8 Å². The number of benzene rings is 1.